The van der Waals surface area contributed by atoms with Crippen LogP contribution in [0.1, 0.15) is 38.2 Å². The average Bonchev–Trinajstić information content (AvgIpc) is 2.84. The van der Waals surface area contributed by atoms with Crippen LogP contribution >= 0.6 is 23.2 Å². The smallest absolute Gasteiger partial charge is 0.0835 e. The first-order chi connectivity index (χ1) is 9.07. The molecule has 1 fully saturated rings. The highest BCUT2D eigenvalue weighted by Crippen LogP contribution is 2.37. The summed E-state index contributed by atoms with van der Waals surface area (Å²) >= 11 is 12.2. The van der Waals surface area contributed by atoms with Gasteiger partial charge in [0.25, 0.3) is 0 Å². The molecular formula is C15H21Cl2NO. The number of hydrogen-bond acceptors (Lipinski definition) is 2. The molecule has 2 N–H and O–H groups in total. The van der Waals surface area contributed by atoms with Crippen LogP contribution in [0, 0.1) is 0 Å². The van der Waals surface area contributed by atoms with Crippen LogP contribution in [0.25, 0.3) is 0 Å². The number of benzene rings is 1. The Bertz CT molecular complexity index is 430. The van der Waals surface area contributed by atoms with Crippen molar-refractivity contribution < 1.29 is 4.74 Å². The van der Waals surface area contributed by atoms with E-state index in [1.165, 1.54) is 12.8 Å². The number of rotatable bonds is 5. The van der Waals surface area contributed by atoms with Crippen molar-refractivity contribution in [2.75, 3.05) is 6.61 Å². The summed E-state index contributed by atoms with van der Waals surface area (Å²) in [6.45, 7) is 2.73. The molecule has 1 saturated carbocycles. The first-order valence-corrected chi connectivity index (χ1v) is 7.66. The van der Waals surface area contributed by atoms with Crippen molar-refractivity contribution in [3.8, 4) is 0 Å². The predicted molar refractivity (Wildman–Crippen MR) is 81.0 cm³/mol. The summed E-state index contributed by atoms with van der Waals surface area (Å²) in [7, 11) is 0. The van der Waals surface area contributed by atoms with Gasteiger partial charge in [-0.05, 0) is 49.9 Å². The number of hydrogen-bond donors (Lipinski definition) is 1. The van der Waals surface area contributed by atoms with Gasteiger partial charge in [0.15, 0.2) is 0 Å². The lowest BCUT2D eigenvalue weighted by Gasteiger charge is -2.35. The molecular weight excluding hydrogens is 281 g/mol. The van der Waals surface area contributed by atoms with Crippen LogP contribution in [0.2, 0.25) is 10.0 Å². The van der Waals surface area contributed by atoms with E-state index in [2.05, 4.69) is 0 Å². The van der Waals surface area contributed by atoms with Crippen LogP contribution in [0.5, 0.6) is 0 Å². The molecule has 0 saturated heterocycles. The minimum atomic E-state index is -0.180. The van der Waals surface area contributed by atoms with Crippen LogP contribution < -0.4 is 5.73 Å². The van der Waals surface area contributed by atoms with Crippen LogP contribution in [-0.2, 0) is 11.2 Å². The molecule has 19 heavy (non-hydrogen) atoms. The van der Waals surface area contributed by atoms with Crippen molar-refractivity contribution in [3.05, 3.63) is 33.8 Å². The molecule has 0 bridgehead atoms. The maximum atomic E-state index is 6.42. The van der Waals surface area contributed by atoms with E-state index in [-0.39, 0.29) is 11.6 Å². The molecule has 0 aliphatic heterocycles. The normalized spacial score (nSPS) is 19.6. The third kappa shape index (κ3) is 3.43. The standard InChI is InChI=1S/C15H21Cl2NO/c1-2-19-15(7-3-4-8-15)14(18)10-11-9-12(16)5-6-13(11)17/h5-6,9,14H,2-4,7-8,10,18H2,1H3. The van der Waals surface area contributed by atoms with Gasteiger partial charge in [-0.25, -0.2) is 0 Å². The van der Waals surface area contributed by atoms with Gasteiger partial charge in [-0.2, -0.15) is 0 Å². The first-order valence-electron chi connectivity index (χ1n) is 6.91. The van der Waals surface area contributed by atoms with Gasteiger partial charge in [0.1, 0.15) is 0 Å². The fraction of sp³-hybridized carbons (Fsp3) is 0.600. The number of ether oxygens (including phenoxy) is 1. The summed E-state index contributed by atoms with van der Waals surface area (Å²) in [6, 6.07) is 5.49. The van der Waals surface area contributed by atoms with Crippen molar-refractivity contribution in [2.45, 2.75) is 50.7 Å². The maximum absolute atomic E-state index is 6.42. The summed E-state index contributed by atoms with van der Waals surface area (Å²) in [6.07, 6.45) is 5.17. The van der Waals surface area contributed by atoms with Gasteiger partial charge in [0.2, 0.25) is 0 Å². The summed E-state index contributed by atoms with van der Waals surface area (Å²) in [5.41, 5.74) is 7.25. The van der Waals surface area contributed by atoms with Crippen LogP contribution in [0.15, 0.2) is 18.2 Å². The number of nitrogens with two attached hydrogens (primary N) is 1. The van der Waals surface area contributed by atoms with Crippen LogP contribution in [-0.4, -0.2) is 18.2 Å². The molecule has 106 valence electrons. The van der Waals surface area contributed by atoms with Crippen molar-refractivity contribution in [3.63, 3.8) is 0 Å². The summed E-state index contributed by atoms with van der Waals surface area (Å²) in [5.74, 6) is 0. The van der Waals surface area contributed by atoms with Crippen molar-refractivity contribution in [1.82, 2.24) is 0 Å². The molecule has 0 aromatic heterocycles. The summed E-state index contributed by atoms with van der Waals surface area (Å²) in [4.78, 5) is 0. The zero-order valence-corrected chi connectivity index (χ0v) is 12.8. The molecule has 0 spiro atoms. The molecule has 4 heteroatoms. The topological polar surface area (TPSA) is 35.2 Å². The second kappa shape index (κ2) is 6.45. The third-order valence-electron chi connectivity index (χ3n) is 4.01. The maximum Gasteiger partial charge on any atom is 0.0835 e. The fourth-order valence-corrected chi connectivity index (χ4v) is 3.40. The summed E-state index contributed by atoms with van der Waals surface area (Å²) in [5, 5.41) is 1.42. The first kappa shape index (κ1) is 15.1. The lowest BCUT2D eigenvalue weighted by Crippen LogP contribution is -2.49. The van der Waals surface area contributed by atoms with E-state index in [0.29, 0.717) is 18.1 Å². The van der Waals surface area contributed by atoms with E-state index < -0.39 is 0 Å². The van der Waals surface area contributed by atoms with Crippen molar-refractivity contribution >= 4 is 23.2 Å². The highest BCUT2D eigenvalue weighted by molar-refractivity contribution is 6.33. The number of halogens is 2. The van der Waals surface area contributed by atoms with E-state index in [1.54, 1.807) is 6.07 Å². The largest absolute Gasteiger partial charge is 0.374 e. The molecule has 1 aromatic rings. The van der Waals surface area contributed by atoms with Gasteiger partial charge >= 0.3 is 0 Å². The Morgan fingerprint density at radius 1 is 1.32 bits per heavy atom. The second-order valence-corrected chi connectivity index (χ2v) is 6.09. The second-order valence-electron chi connectivity index (χ2n) is 5.25. The highest BCUT2D eigenvalue weighted by atomic mass is 35.5. The molecule has 0 amide bonds. The quantitative estimate of drug-likeness (QED) is 0.884. The molecule has 0 heterocycles. The van der Waals surface area contributed by atoms with Gasteiger partial charge < -0.3 is 10.5 Å². The predicted octanol–water partition coefficient (Wildman–Crippen LogP) is 4.21. The Kier molecular flexibility index (Phi) is 5.13. The van der Waals surface area contributed by atoms with E-state index in [4.69, 9.17) is 33.7 Å². The fourth-order valence-electron chi connectivity index (χ4n) is 3.01. The average molecular weight is 302 g/mol. The van der Waals surface area contributed by atoms with E-state index in [9.17, 15) is 0 Å². The van der Waals surface area contributed by atoms with Gasteiger partial charge in [0, 0.05) is 22.7 Å². The molecule has 0 radical (unpaired) electrons. The molecule has 1 aliphatic carbocycles. The Labute approximate surface area is 125 Å². The Morgan fingerprint density at radius 2 is 2.00 bits per heavy atom. The molecule has 1 aliphatic rings. The van der Waals surface area contributed by atoms with Crippen LogP contribution in [0.3, 0.4) is 0 Å². The van der Waals surface area contributed by atoms with Gasteiger partial charge in [-0.1, -0.05) is 36.0 Å². The van der Waals surface area contributed by atoms with Crippen molar-refractivity contribution in [1.29, 1.82) is 0 Å². The highest BCUT2D eigenvalue weighted by Gasteiger charge is 2.40. The Hall–Kier alpha value is -0.280. The lowest BCUT2D eigenvalue weighted by molar-refractivity contribution is -0.0524. The molecule has 1 aromatic carbocycles. The zero-order chi connectivity index (χ0) is 13.9. The summed E-state index contributed by atoms with van der Waals surface area (Å²) < 4.78 is 5.99. The monoisotopic (exact) mass is 301 g/mol. The Balaban J connectivity index is 2.14. The SMILES string of the molecule is CCOC1(C(N)Cc2cc(Cl)ccc2Cl)CCCC1. The molecule has 2 nitrogen and oxygen atoms in total. The van der Waals surface area contributed by atoms with E-state index >= 15 is 0 Å². The molecule has 1 unspecified atom stereocenters. The lowest BCUT2D eigenvalue weighted by atomic mass is 9.88. The third-order valence-corrected chi connectivity index (χ3v) is 4.61. The minimum Gasteiger partial charge on any atom is -0.374 e. The Morgan fingerprint density at radius 3 is 2.63 bits per heavy atom. The van der Waals surface area contributed by atoms with E-state index in [0.717, 1.165) is 23.4 Å². The van der Waals surface area contributed by atoms with Crippen LogP contribution in [0.4, 0.5) is 0 Å². The van der Waals surface area contributed by atoms with Gasteiger partial charge in [0.05, 0.1) is 5.60 Å². The minimum absolute atomic E-state index is 0.0362. The molecule has 2 rings (SSSR count). The van der Waals surface area contributed by atoms with E-state index in [1.807, 2.05) is 19.1 Å². The van der Waals surface area contributed by atoms with Crippen molar-refractivity contribution in [2.24, 2.45) is 5.73 Å². The molecule has 1 atom stereocenters. The van der Waals surface area contributed by atoms with Gasteiger partial charge in [-0.15, -0.1) is 0 Å². The zero-order valence-electron chi connectivity index (χ0n) is 11.3. The van der Waals surface area contributed by atoms with Gasteiger partial charge in [-0.3, -0.25) is 0 Å².